The van der Waals surface area contributed by atoms with Gasteiger partial charge in [-0.1, -0.05) is 18.2 Å². The van der Waals surface area contributed by atoms with Gasteiger partial charge in [0.05, 0.1) is 6.42 Å². The average molecular weight is 319 g/mol. The third-order valence-electron chi connectivity index (χ3n) is 4.39. The number of likely N-dealkylation sites (N-methyl/N-ethyl adjacent to an activating group) is 1. The van der Waals surface area contributed by atoms with Crippen LogP contribution in [0.25, 0.3) is 0 Å². The summed E-state index contributed by atoms with van der Waals surface area (Å²) in [5.74, 6) is -1.19. The van der Waals surface area contributed by atoms with Crippen molar-refractivity contribution in [3.8, 4) is 0 Å². The zero-order valence-corrected chi connectivity index (χ0v) is 14.0. The summed E-state index contributed by atoms with van der Waals surface area (Å²) in [5.41, 5.74) is 2.73. The molecule has 0 radical (unpaired) electrons. The Morgan fingerprint density at radius 2 is 1.74 bits per heavy atom. The second-order valence-electron chi connectivity index (χ2n) is 6.21. The Hall–Kier alpha value is -1.92. The number of carboxylic acids is 1. The molecule has 23 heavy (non-hydrogen) atoms. The van der Waals surface area contributed by atoms with Gasteiger partial charge < -0.3 is 15.3 Å². The van der Waals surface area contributed by atoms with Crippen LogP contribution >= 0.6 is 0 Å². The van der Waals surface area contributed by atoms with E-state index in [1.54, 1.807) is 0 Å². The molecule has 0 unspecified atom stereocenters. The summed E-state index contributed by atoms with van der Waals surface area (Å²) < 4.78 is 0. The summed E-state index contributed by atoms with van der Waals surface area (Å²) in [5, 5.41) is 12.4. The van der Waals surface area contributed by atoms with Crippen LogP contribution in [0.4, 0.5) is 5.69 Å². The van der Waals surface area contributed by atoms with E-state index < -0.39 is 12.0 Å². The van der Waals surface area contributed by atoms with Crippen LogP contribution in [0.2, 0.25) is 0 Å². The topological polar surface area (TPSA) is 72.9 Å². The molecule has 6 nitrogen and oxygen atoms in total. The second kappa shape index (κ2) is 7.57. The molecule has 1 amide bonds. The summed E-state index contributed by atoms with van der Waals surface area (Å²) >= 11 is 0. The first-order valence-electron chi connectivity index (χ1n) is 7.90. The molecule has 1 fully saturated rings. The molecule has 126 valence electrons. The van der Waals surface area contributed by atoms with Gasteiger partial charge in [0.2, 0.25) is 5.91 Å². The van der Waals surface area contributed by atoms with Gasteiger partial charge in [0.25, 0.3) is 0 Å². The molecule has 0 aliphatic carbocycles. The number of carboxylic acid groups (broad SMARTS) is 1. The molecule has 1 heterocycles. The normalized spacial score (nSPS) is 17.7. The van der Waals surface area contributed by atoms with E-state index in [9.17, 15) is 14.7 Å². The lowest BCUT2D eigenvalue weighted by Gasteiger charge is -2.35. The summed E-state index contributed by atoms with van der Waals surface area (Å²) in [6, 6.07) is 5.02. The molecule has 1 atom stereocenters. The lowest BCUT2D eigenvalue weighted by atomic mass is 10.1. The lowest BCUT2D eigenvalue weighted by molar-refractivity contribution is -0.145. The Balaban J connectivity index is 2.02. The molecule has 0 spiro atoms. The van der Waals surface area contributed by atoms with Gasteiger partial charge in [-0.2, -0.15) is 0 Å². The number of carbonyl (C=O) groups excluding carboxylic acids is 1. The van der Waals surface area contributed by atoms with Crippen molar-refractivity contribution in [1.29, 1.82) is 0 Å². The monoisotopic (exact) mass is 319 g/mol. The maximum Gasteiger partial charge on any atom is 0.321 e. The second-order valence-corrected chi connectivity index (χ2v) is 6.21. The molecule has 1 aromatic rings. The number of carbonyl (C=O) groups is 2. The number of nitrogens with zero attached hydrogens (tertiary/aromatic N) is 2. The van der Waals surface area contributed by atoms with Crippen LogP contribution in [0.3, 0.4) is 0 Å². The number of nitrogens with one attached hydrogen (secondary N) is 1. The number of hydrogen-bond acceptors (Lipinski definition) is 4. The van der Waals surface area contributed by atoms with Gasteiger partial charge in [-0.05, 0) is 32.0 Å². The fraction of sp³-hybridized carbons (Fsp3) is 0.529. The van der Waals surface area contributed by atoms with E-state index >= 15 is 0 Å². The Labute approximate surface area is 137 Å². The van der Waals surface area contributed by atoms with Crippen LogP contribution in [-0.4, -0.2) is 66.1 Å². The quantitative estimate of drug-likeness (QED) is 0.857. The van der Waals surface area contributed by atoms with E-state index in [0.717, 1.165) is 29.9 Å². The van der Waals surface area contributed by atoms with Crippen LogP contribution in [0.1, 0.15) is 17.5 Å². The fourth-order valence-electron chi connectivity index (χ4n) is 2.88. The zero-order chi connectivity index (χ0) is 17.0. The Morgan fingerprint density at radius 3 is 2.26 bits per heavy atom. The maximum atomic E-state index is 12.3. The molecule has 2 N–H and O–H groups in total. The van der Waals surface area contributed by atoms with Crippen molar-refractivity contribution in [2.24, 2.45) is 0 Å². The molecule has 6 heteroatoms. The smallest absolute Gasteiger partial charge is 0.321 e. The Morgan fingerprint density at radius 1 is 1.17 bits per heavy atom. The van der Waals surface area contributed by atoms with Crippen LogP contribution in [0.15, 0.2) is 18.2 Å². The molecule has 1 aliphatic heterocycles. The summed E-state index contributed by atoms with van der Waals surface area (Å²) in [6.07, 6.45) is -0.0349. The van der Waals surface area contributed by atoms with Gasteiger partial charge in [-0.3, -0.25) is 14.5 Å². The number of aliphatic carboxylic acids is 1. The number of amides is 1. The molecule has 2 rings (SSSR count). The van der Waals surface area contributed by atoms with Crippen molar-refractivity contribution in [3.63, 3.8) is 0 Å². The summed E-state index contributed by atoms with van der Waals surface area (Å²) in [4.78, 5) is 27.9. The highest BCUT2D eigenvalue weighted by Crippen LogP contribution is 2.20. The standard InChI is InChI=1S/C17H25N3O3/c1-12-5-4-6-13(2)16(12)18-15(21)11-14(17(22)23)20-9-7-19(3)8-10-20/h4-6,14H,7-11H2,1-3H3,(H,18,21)(H,22,23)/t14-/m1/s1. The number of para-hydroxylation sites is 1. The number of piperazine rings is 1. The van der Waals surface area contributed by atoms with Crippen molar-refractivity contribution in [3.05, 3.63) is 29.3 Å². The van der Waals surface area contributed by atoms with Gasteiger partial charge in [0.15, 0.2) is 0 Å². The molecular weight excluding hydrogens is 294 g/mol. The van der Waals surface area contributed by atoms with E-state index in [0.29, 0.717) is 13.1 Å². The first-order valence-corrected chi connectivity index (χ1v) is 7.90. The first kappa shape index (κ1) is 17.4. The number of hydrogen-bond donors (Lipinski definition) is 2. The van der Waals surface area contributed by atoms with Crippen molar-refractivity contribution in [1.82, 2.24) is 9.80 Å². The Kier molecular flexibility index (Phi) is 5.74. The number of benzene rings is 1. The summed E-state index contributed by atoms with van der Waals surface area (Å²) in [6.45, 7) is 6.84. The van der Waals surface area contributed by atoms with E-state index in [-0.39, 0.29) is 12.3 Å². The zero-order valence-electron chi connectivity index (χ0n) is 14.0. The molecule has 0 aromatic heterocycles. The van der Waals surface area contributed by atoms with Gasteiger partial charge in [0.1, 0.15) is 6.04 Å². The number of anilines is 1. The van der Waals surface area contributed by atoms with Crippen molar-refractivity contribution >= 4 is 17.6 Å². The molecule has 0 saturated carbocycles. The SMILES string of the molecule is Cc1cccc(C)c1NC(=O)C[C@H](C(=O)O)N1CCN(C)CC1. The predicted molar refractivity (Wildman–Crippen MR) is 89.7 cm³/mol. The van der Waals surface area contributed by atoms with Gasteiger partial charge in [-0.15, -0.1) is 0 Å². The van der Waals surface area contributed by atoms with Crippen LogP contribution in [0, 0.1) is 13.8 Å². The maximum absolute atomic E-state index is 12.3. The molecule has 1 saturated heterocycles. The third kappa shape index (κ3) is 4.53. The van der Waals surface area contributed by atoms with E-state index in [2.05, 4.69) is 10.2 Å². The Bertz CT molecular complexity index is 560. The van der Waals surface area contributed by atoms with Gasteiger partial charge in [-0.25, -0.2) is 0 Å². The molecule has 1 aliphatic rings. The third-order valence-corrected chi connectivity index (χ3v) is 4.39. The van der Waals surface area contributed by atoms with Crippen molar-refractivity contribution in [2.75, 3.05) is 38.5 Å². The van der Waals surface area contributed by atoms with Crippen LogP contribution in [-0.2, 0) is 9.59 Å². The highest BCUT2D eigenvalue weighted by molar-refractivity contribution is 5.95. The molecule has 0 bridgehead atoms. The molecular formula is C17H25N3O3. The highest BCUT2D eigenvalue weighted by atomic mass is 16.4. The largest absolute Gasteiger partial charge is 0.480 e. The minimum atomic E-state index is -0.939. The van der Waals surface area contributed by atoms with E-state index in [4.69, 9.17) is 0 Å². The summed E-state index contributed by atoms with van der Waals surface area (Å²) in [7, 11) is 2.01. The van der Waals surface area contributed by atoms with Gasteiger partial charge >= 0.3 is 5.97 Å². The fourth-order valence-corrected chi connectivity index (χ4v) is 2.88. The predicted octanol–water partition coefficient (Wildman–Crippen LogP) is 1.33. The van der Waals surface area contributed by atoms with Crippen LogP contribution < -0.4 is 5.32 Å². The van der Waals surface area contributed by atoms with Crippen molar-refractivity contribution < 1.29 is 14.7 Å². The number of rotatable bonds is 5. The number of aryl methyl sites for hydroxylation is 2. The van der Waals surface area contributed by atoms with Crippen LogP contribution in [0.5, 0.6) is 0 Å². The minimum absolute atomic E-state index is 0.0349. The van der Waals surface area contributed by atoms with E-state index in [1.165, 1.54) is 0 Å². The van der Waals surface area contributed by atoms with Crippen molar-refractivity contribution in [2.45, 2.75) is 26.3 Å². The van der Waals surface area contributed by atoms with E-state index in [1.807, 2.05) is 44.0 Å². The highest BCUT2D eigenvalue weighted by Gasteiger charge is 2.30. The minimum Gasteiger partial charge on any atom is -0.480 e. The average Bonchev–Trinajstić information content (AvgIpc) is 2.49. The van der Waals surface area contributed by atoms with Gasteiger partial charge in [0, 0.05) is 31.9 Å². The first-order chi connectivity index (χ1) is 10.9. The molecule has 1 aromatic carbocycles. The lowest BCUT2D eigenvalue weighted by Crippen LogP contribution is -2.52.